The molecule has 1 aliphatic carbocycles. The first-order chi connectivity index (χ1) is 7.33. The fourth-order valence-corrected chi connectivity index (χ4v) is 2.39. The molecule has 0 bridgehead atoms. The molecule has 15 heavy (non-hydrogen) atoms. The molecule has 0 unspecified atom stereocenters. The molecule has 0 radical (unpaired) electrons. The summed E-state index contributed by atoms with van der Waals surface area (Å²) in [6.45, 7) is 5.08. The van der Waals surface area contributed by atoms with Crippen LogP contribution in [0.25, 0.3) is 0 Å². The SMILES string of the molecule is C=CCCCCCNC1(CO)CCCC1. The van der Waals surface area contributed by atoms with E-state index in [1.807, 2.05) is 6.08 Å². The third kappa shape index (κ3) is 4.35. The monoisotopic (exact) mass is 211 g/mol. The number of rotatable bonds is 8. The zero-order valence-electron chi connectivity index (χ0n) is 9.80. The van der Waals surface area contributed by atoms with Crippen molar-refractivity contribution in [1.82, 2.24) is 5.32 Å². The molecule has 0 aromatic heterocycles. The third-order valence-corrected chi connectivity index (χ3v) is 3.45. The van der Waals surface area contributed by atoms with Crippen LogP contribution < -0.4 is 5.32 Å². The molecule has 0 atom stereocenters. The van der Waals surface area contributed by atoms with Gasteiger partial charge in [-0.3, -0.25) is 0 Å². The Morgan fingerprint density at radius 2 is 1.93 bits per heavy atom. The van der Waals surface area contributed by atoms with Gasteiger partial charge in [0.15, 0.2) is 0 Å². The van der Waals surface area contributed by atoms with E-state index in [1.54, 1.807) is 0 Å². The van der Waals surface area contributed by atoms with Crippen LogP contribution in [0.1, 0.15) is 51.4 Å². The minimum absolute atomic E-state index is 0.0679. The Hall–Kier alpha value is -0.340. The maximum Gasteiger partial charge on any atom is 0.0613 e. The Balaban J connectivity index is 2.04. The van der Waals surface area contributed by atoms with E-state index in [0.29, 0.717) is 6.61 Å². The summed E-state index contributed by atoms with van der Waals surface area (Å²) in [5, 5.41) is 12.9. The molecular weight excluding hydrogens is 186 g/mol. The molecule has 0 spiro atoms. The summed E-state index contributed by atoms with van der Waals surface area (Å²) < 4.78 is 0. The van der Waals surface area contributed by atoms with E-state index in [1.165, 1.54) is 32.1 Å². The van der Waals surface area contributed by atoms with E-state index < -0.39 is 0 Å². The molecular formula is C13H25NO. The van der Waals surface area contributed by atoms with Gasteiger partial charge >= 0.3 is 0 Å². The molecule has 1 rings (SSSR count). The zero-order chi connectivity index (χ0) is 11.0. The first-order valence-electron chi connectivity index (χ1n) is 6.30. The van der Waals surface area contributed by atoms with Gasteiger partial charge in [-0.2, -0.15) is 0 Å². The third-order valence-electron chi connectivity index (χ3n) is 3.45. The van der Waals surface area contributed by atoms with Crippen molar-refractivity contribution in [1.29, 1.82) is 0 Å². The van der Waals surface area contributed by atoms with Crippen molar-refractivity contribution in [2.24, 2.45) is 0 Å². The van der Waals surface area contributed by atoms with Crippen molar-refractivity contribution < 1.29 is 5.11 Å². The average molecular weight is 211 g/mol. The van der Waals surface area contributed by atoms with Crippen LogP contribution in [-0.2, 0) is 0 Å². The topological polar surface area (TPSA) is 32.3 Å². The molecule has 88 valence electrons. The van der Waals surface area contributed by atoms with Crippen LogP contribution in [-0.4, -0.2) is 23.8 Å². The Morgan fingerprint density at radius 1 is 1.20 bits per heavy atom. The van der Waals surface area contributed by atoms with Gasteiger partial charge in [0.1, 0.15) is 0 Å². The number of nitrogens with one attached hydrogen (secondary N) is 1. The number of unbranched alkanes of at least 4 members (excludes halogenated alkanes) is 3. The summed E-state index contributed by atoms with van der Waals surface area (Å²) in [5.74, 6) is 0. The van der Waals surface area contributed by atoms with Crippen LogP contribution in [0.2, 0.25) is 0 Å². The van der Waals surface area contributed by atoms with Gasteiger partial charge in [0.2, 0.25) is 0 Å². The quantitative estimate of drug-likeness (QED) is 0.478. The van der Waals surface area contributed by atoms with Crippen LogP contribution in [0, 0.1) is 0 Å². The molecule has 0 amide bonds. The summed E-state index contributed by atoms with van der Waals surface area (Å²) in [7, 11) is 0. The Morgan fingerprint density at radius 3 is 2.53 bits per heavy atom. The smallest absolute Gasteiger partial charge is 0.0613 e. The molecule has 2 nitrogen and oxygen atoms in total. The fraction of sp³-hybridized carbons (Fsp3) is 0.846. The van der Waals surface area contributed by atoms with Gasteiger partial charge in [0.25, 0.3) is 0 Å². The summed E-state index contributed by atoms with van der Waals surface area (Å²) in [5.41, 5.74) is 0.0679. The molecule has 0 aliphatic heterocycles. The minimum Gasteiger partial charge on any atom is -0.394 e. The second kappa shape index (κ2) is 7.02. The van der Waals surface area contributed by atoms with Gasteiger partial charge in [0, 0.05) is 5.54 Å². The Bertz CT molecular complexity index is 173. The van der Waals surface area contributed by atoms with Crippen LogP contribution in [0.15, 0.2) is 12.7 Å². The van der Waals surface area contributed by atoms with Crippen molar-refractivity contribution in [2.45, 2.75) is 56.9 Å². The molecule has 0 heterocycles. The van der Waals surface area contributed by atoms with E-state index in [2.05, 4.69) is 11.9 Å². The van der Waals surface area contributed by atoms with E-state index in [4.69, 9.17) is 0 Å². The summed E-state index contributed by atoms with van der Waals surface area (Å²) in [6.07, 6.45) is 11.7. The lowest BCUT2D eigenvalue weighted by atomic mass is 9.98. The molecule has 1 saturated carbocycles. The Kier molecular flexibility index (Phi) is 5.96. The number of aliphatic hydroxyl groups is 1. The lowest BCUT2D eigenvalue weighted by Gasteiger charge is -2.28. The predicted octanol–water partition coefficient (Wildman–Crippen LogP) is 2.63. The number of hydrogen-bond donors (Lipinski definition) is 2. The zero-order valence-corrected chi connectivity index (χ0v) is 9.80. The molecule has 0 saturated heterocycles. The number of hydrogen-bond acceptors (Lipinski definition) is 2. The predicted molar refractivity (Wildman–Crippen MR) is 65.0 cm³/mol. The van der Waals surface area contributed by atoms with E-state index in [0.717, 1.165) is 25.8 Å². The molecule has 0 aromatic carbocycles. The van der Waals surface area contributed by atoms with Gasteiger partial charge in [-0.25, -0.2) is 0 Å². The molecule has 2 heteroatoms. The van der Waals surface area contributed by atoms with E-state index in [-0.39, 0.29) is 5.54 Å². The van der Waals surface area contributed by atoms with Crippen molar-refractivity contribution in [3.8, 4) is 0 Å². The first kappa shape index (κ1) is 12.7. The molecule has 0 aromatic rings. The van der Waals surface area contributed by atoms with Gasteiger partial charge in [-0.1, -0.05) is 25.3 Å². The maximum absolute atomic E-state index is 9.38. The maximum atomic E-state index is 9.38. The van der Waals surface area contributed by atoms with E-state index in [9.17, 15) is 5.11 Å². The number of allylic oxidation sites excluding steroid dienone is 1. The Labute approximate surface area is 93.8 Å². The summed E-state index contributed by atoms with van der Waals surface area (Å²) >= 11 is 0. The fourth-order valence-electron chi connectivity index (χ4n) is 2.39. The van der Waals surface area contributed by atoms with E-state index >= 15 is 0 Å². The van der Waals surface area contributed by atoms with Crippen LogP contribution in [0.4, 0.5) is 0 Å². The average Bonchev–Trinajstić information content (AvgIpc) is 2.73. The highest BCUT2D eigenvalue weighted by molar-refractivity contribution is 4.91. The minimum atomic E-state index is 0.0679. The molecule has 2 N–H and O–H groups in total. The lowest BCUT2D eigenvalue weighted by Crippen LogP contribution is -2.46. The van der Waals surface area contributed by atoms with Crippen molar-refractivity contribution in [2.75, 3.05) is 13.2 Å². The highest BCUT2D eigenvalue weighted by Gasteiger charge is 2.31. The van der Waals surface area contributed by atoms with Gasteiger partial charge in [-0.05, 0) is 38.6 Å². The molecule has 1 fully saturated rings. The first-order valence-corrected chi connectivity index (χ1v) is 6.30. The van der Waals surface area contributed by atoms with Crippen molar-refractivity contribution in [3.05, 3.63) is 12.7 Å². The van der Waals surface area contributed by atoms with Crippen LogP contribution in [0.5, 0.6) is 0 Å². The second-order valence-electron chi connectivity index (χ2n) is 4.71. The number of aliphatic hydroxyl groups excluding tert-OH is 1. The van der Waals surface area contributed by atoms with Crippen LogP contribution in [0.3, 0.4) is 0 Å². The summed E-state index contributed by atoms with van der Waals surface area (Å²) in [4.78, 5) is 0. The van der Waals surface area contributed by atoms with Gasteiger partial charge in [-0.15, -0.1) is 6.58 Å². The summed E-state index contributed by atoms with van der Waals surface area (Å²) in [6, 6.07) is 0. The standard InChI is InChI=1S/C13H25NO/c1-2-3-4-5-8-11-14-13(12-15)9-6-7-10-13/h2,14-15H,1,3-12H2. The second-order valence-corrected chi connectivity index (χ2v) is 4.71. The van der Waals surface area contributed by atoms with Crippen molar-refractivity contribution >= 4 is 0 Å². The normalized spacial score (nSPS) is 19.3. The molecule has 1 aliphatic rings. The highest BCUT2D eigenvalue weighted by Crippen LogP contribution is 2.28. The highest BCUT2D eigenvalue weighted by atomic mass is 16.3. The largest absolute Gasteiger partial charge is 0.394 e. The van der Waals surface area contributed by atoms with Gasteiger partial charge in [0.05, 0.1) is 6.61 Å². The van der Waals surface area contributed by atoms with Gasteiger partial charge < -0.3 is 10.4 Å². The van der Waals surface area contributed by atoms with Crippen molar-refractivity contribution in [3.63, 3.8) is 0 Å². The lowest BCUT2D eigenvalue weighted by molar-refractivity contribution is 0.164. The van der Waals surface area contributed by atoms with Crippen LogP contribution >= 0.6 is 0 Å².